The van der Waals surface area contributed by atoms with Crippen LogP contribution in [0.2, 0.25) is 0 Å². The number of rotatable bonds is 7. The predicted molar refractivity (Wildman–Crippen MR) is 71.8 cm³/mol. The van der Waals surface area contributed by atoms with Crippen LogP contribution in [0.15, 0.2) is 36.9 Å². The van der Waals surface area contributed by atoms with E-state index in [1.165, 1.54) is 0 Å². The van der Waals surface area contributed by atoms with Crippen molar-refractivity contribution in [3.05, 3.63) is 42.5 Å². The molecule has 0 saturated carbocycles. The van der Waals surface area contributed by atoms with E-state index in [1.807, 2.05) is 38.1 Å². The van der Waals surface area contributed by atoms with Gasteiger partial charge in [-0.1, -0.05) is 31.7 Å². The Morgan fingerprint density at radius 3 is 2.61 bits per heavy atom. The van der Waals surface area contributed by atoms with Gasteiger partial charge in [-0.3, -0.25) is 4.79 Å². The Balaban J connectivity index is 2.55. The van der Waals surface area contributed by atoms with E-state index >= 15 is 0 Å². The summed E-state index contributed by atoms with van der Waals surface area (Å²) in [6, 6.07) is 7.76. The van der Waals surface area contributed by atoms with Gasteiger partial charge in [0.2, 0.25) is 0 Å². The summed E-state index contributed by atoms with van der Waals surface area (Å²) in [5.41, 5.74) is 1.11. The quantitative estimate of drug-likeness (QED) is 0.548. The molecule has 0 saturated heterocycles. The molecule has 0 heterocycles. The van der Waals surface area contributed by atoms with E-state index in [1.54, 1.807) is 6.08 Å². The zero-order valence-corrected chi connectivity index (χ0v) is 11.0. The molecule has 0 bridgehead atoms. The van der Waals surface area contributed by atoms with Gasteiger partial charge in [-0.05, 0) is 30.5 Å². The second-order valence-corrected chi connectivity index (χ2v) is 4.08. The number of carbonyl (C=O) groups excluding carboxylic acids is 1. The van der Waals surface area contributed by atoms with Crippen LogP contribution in [0.4, 0.5) is 0 Å². The highest BCUT2D eigenvalue weighted by Crippen LogP contribution is 2.22. The van der Waals surface area contributed by atoms with Crippen LogP contribution in [-0.4, -0.2) is 19.2 Å². The molecule has 0 fully saturated rings. The third kappa shape index (κ3) is 4.62. The minimum Gasteiger partial charge on any atom is -0.490 e. The number of benzene rings is 1. The minimum absolute atomic E-state index is 0.150. The van der Waals surface area contributed by atoms with Crippen LogP contribution in [0.1, 0.15) is 31.7 Å². The van der Waals surface area contributed by atoms with Gasteiger partial charge in [0.05, 0.1) is 13.0 Å². The Morgan fingerprint density at radius 1 is 1.39 bits per heavy atom. The van der Waals surface area contributed by atoms with Crippen LogP contribution in [-0.2, 0) is 9.53 Å². The SMILES string of the molecule is C=CCOc1ccc(C(C)CC(=O)OCC)cc1. The average Bonchev–Trinajstić information content (AvgIpc) is 2.37. The zero-order valence-electron chi connectivity index (χ0n) is 11.0. The molecule has 18 heavy (non-hydrogen) atoms. The molecule has 0 aliphatic carbocycles. The molecule has 0 aliphatic heterocycles. The van der Waals surface area contributed by atoms with Crippen LogP contribution < -0.4 is 4.74 Å². The summed E-state index contributed by atoms with van der Waals surface area (Å²) in [6.07, 6.45) is 2.11. The standard InChI is InChI=1S/C15H20O3/c1-4-10-18-14-8-6-13(7-9-14)12(3)11-15(16)17-5-2/h4,6-9,12H,1,5,10-11H2,2-3H3. The van der Waals surface area contributed by atoms with Crippen molar-refractivity contribution < 1.29 is 14.3 Å². The number of esters is 1. The number of carbonyl (C=O) groups is 1. The van der Waals surface area contributed by atoms with E-state index in [-0.39, 0.29) is 11.9 Å². The Labute approximate surface area is 108 Å². The molecular formula is C15H20O3. The van der Waals surface area contributed by atoms with E-state index in [4.69, 9.17) is 9.47 Å². The van der Waals surface area contributed by atoms with Crippen LogP contribution in [0, 0.1) is 0 Å². The summed E-state index contributed by atoms with van der Waals surface area (Å²) in [5.74, 6) is 0.802. The summed E-state index contributed by atoms with van der Waals surface area (Å²) in [6.45, 7) is 8.35. The summed E-state index contributed by atoms with van der Waals surface area (Å²) in [5, 5.41) is 0. The summed E-state index contributed by atoms with van der Waals surface area (Å²) in [4.78, 5) is 11.4. The van der Waals surface area contributed by atoms with Crippen LogP contribution >= 0.6 is 0 Å². The molecule has 0 aliphatic rings. The molecule has 1 aromatic carbocycles. The first kappa shape index (κ1) is 14.3. The second-order valence-electron chi connectivity index (χ2n) is 4.08. The fraction of sp³-hybridized carbons (Fsp3) is 0.400. The van der Waals surface area contributed by atoms with Crippen molar-refractivity contribution in [3.8, 4) is 5.75 Å². The number of ether oxygens (including phenoxy) is 2. The monoisotopic (exact) mass is 248 g/mol. The lowest BCUT2D eigenvalue weighted by atomic mass is 9.98. The zero-order chi connectivity index (χ0) is 13.4. The molecule has 0 aromatic heterocycles. The molecule has 1 atom stereocenters. The fourth-order valence-corrected chi connectivity index (χ4v) is 1.64. The van der Waals surface area contributed by atoms with Crippen LogP contribution in [0.25, 0.3) is 0 Å². The maximum atomic E-state index is 11.4. The molecule has 98 valence electrons. The molecule has 0 radical (unpaired) electrons. The highest BCUT2D eigenvalue weighted by Gasteiger charge is 2.11. The van der Waals surface area contributed by atoms with Crippen molar-refractivity contribution >= 4 is 5.97 Å². The van der Waals surface area contributed by atoms with Gasteiger partial charge in [0.15, 0.2) is 0 Å². The van der Waals surface area contributed by atoms with E-state index in [2.05, 4.69) is 6.58 Å². The maximum Gasteiger partial charge on any atom is 0.306 e. The van der Waals surface area contributed by atoms with Gasteiger partial charge in [0.25, 0.3) is 0 Å². The van der Waals surface area contributed by atoms with Crippen molar-refractivity contribution in [2.45, 2.75) is 26.2 Å². The number of hydrogen-bond donors (Lipinski definition) is 0. The predicted octanol–water partition coefficient (Wildman–Crippen LogP) is 3.31. The first-order valence-corrected chi connectivity index (χ1v) is 6.16. The maximum absolute atomic E-state index is 11.4. The van der Waals surface area contributed by atoms with Gasteiger partial charge in [-0.15, -0.1) is 0 Å². The summed E-state index contributed by atoms with van der Waals surface area (Å²) < 4.78 is 10.3. The molecule has 0 spiro atoms. The highest BCUT2D eigenvalue weighted by atomic mass is 16.5. The Morgan fingerprint density at radius 2 is 2.06 bits per heavy atom. The molecular weight excluding hydrogens is 228 g/mol. The first-order valence-electron chi connectivity index (χ1n) is 6.16. The van der Waals surface area contributed by atoms with Crippen molar-refractivity contribution in [1.82, 2.24) is 0 Å². The lowest BCUT2D eigenvalue weighted by molar-refractivity contribution is -0.143. The van der Waals surface area contributed by atoms with Crippen molar-refractivity contribution in [3.63, 3.8) is 0 Å². The smallest absolute Gasteiger partial charge is 0.306 e. The number of hydrogen-bond acceptors (Lipinski definition) is 3. The molecule has 3 heteroatoms. The van der Waals surface area contributed by atoms with Crippen LogP contribution in [0.3, 0.4) is 0 Å². The van der Waals surface area contributed by atoms with Gasteiger partial charge in [0.1, 0.15) is 12.4 Å². The Kier molecular flexibility index (Phi) is 5.98. The highest BCUT2D eigenvalue weighted by molar-refractivity contribution is 5.70. The average molecular weight is 248 g/mol. The molecule has 1 rings (SSSR count). The van der Waals surface area contributed by atoms with E-state index in [0.717, 1.165) is 11.3 Å². The second kappa shape index (κ2) is 7.54. The lowest BCUT2D eigenvalue weighted by Gasteiger charge is -2.12. The van der Waals surface area contributed by atoms with E-state index < -0.39 is 0 Å². The van der Waals surface area contributed by atoms with Gasteiger partial charge in [-0.2, -0.15) is 0 Å². The first-order chi connectivity index (χ1) is 8.67. The van der Waals surface area contributed by atoms with Gasteiger partial charge in [-0.25, -0.2) is 0 Å². The van der Waals surface area contributed by atoms with Crippen molar-refractivity contribution in [1.29, 1.82) is 0 Å². The third-order valence-corrected chi connectivity index (χ3v) is 2.60. The topological polar surface area (TPSA) is 35.5 Å². The molecule has 1 aromatic rings. The Hall–Kier alpha value is -1.77. The molecule has 1 unspecified atom stereocenters. The molecule has 0 N–H and O–H groups in total. The van der Waals surface area contributed by atoms with Gasteiger partial charge < -0.3 is 9.47 Å². The van der Waals surface area contributed by atoms with Gasteiger partial charge in [0, 0.05) is 0 Å². The lowest BCUT2D eigenvalue weighted by Crippen LogP contribution is -2.08. The fourth-order valence-electron chi connectivity index (χ4n) is 1.64. The van der Waals surface area contributed by atoms with Crippen molar-refractivity contribution in [2.24, 2.45) is 0 Å². The van der Waals surface area contributed by atoms with E-state index in [9.17, 15) is 4.79 Å². The van der Waals surface area contributed by atoms with Crippen molar-refractivity contribution in [2.75, 3.05) is 13.2 Å². The van der Waals surface area contributed by atoms with Crippen LogP contribution in [0.5, 0.6) is 5.75 Å². The molecule has 0 amide bonds. The molecule has 3 nitrogen and oxygen atoms in total. The summed E-state index contributed by atoms with van der Waals surface area (Å²) >= 11 is 0. The largest absolute Gasteiger partial charge is 0.490 e. The Bertz CT molecular complexity index is 381. The van der Waals surface area contributed by atoms with Gasteiger partial charge >= 0.3 is 5.97 Å². The summed E-state index contributed by atoms with van der Waals surface area (Å²) in [7, 11) is 0. The van der Waals surface area contributed by atoms with E-state index in [0.29, 0.717) is 19.6 Å². The normalized spacial score (nSPS) is 11.7. The third-order valence-electron chi connectivity index (χ3n) is 2.60. The minimum atomic E-state index is -0.156.